The number of nitrogens with one attached hydrogen (secondary N) is 1. The maximum atomic E-state index is 9.66. The van der Waals surface area contributed by atoms with Gasteiger partial charge in [0.1, 0.15) is 0 Å². The zero-order valence-electron chi connectivity index (χ0n) is 8.25. The Balaban J connectivity index is 1.88. The molecule has 3 heteroatoms. The Morgan fingerprint density at radius 1 is 1.46 bits per heavy atom. The lowest BCUT2D eigenvalue weighted by molar-refractivity contribution is 0.118. The summed E-state index contributed by atoms with van der Waals surface area (Å²) in [5, 5.41) is 13.2. The first-order valence-electron chi connectivity index (χ1n) is 5.23. The van der Waals surface area contributed by atoms with Gasteiger partial charge in [0.05, 0.1) is 12.7 Å². The maximum Gasteiger partial charge on any atom is 0.0693 e. The summed E-state index contributed by atoms with van der Waals surface area (Å²) in [5.41, 5.74) is 0.107. The largest absolute Gasteiger partial charge is 0.392 e. The van der Waals surface area contributed by atoms with E-state index in [0.717, 1.165) is 38.9 Å². The fraction of sp³-hybridized carbons (Fsp3) is 1.00. The van der Waals surface area contributed by atoms with Gasteiger partial charge in [0.2, 0.25) is 0 Å². The molecule has 76 valence electrons. The van der Waals surface area contributed by atoms with E-state index in [1.165, 1.54) is 0 Å². The minimum absolute atomic E-state index is 0.107. The van der Waals surface area contributed by atoms with Crippen LogP contribution < -0.4 is 5.32 Å². The third-order valence-electron chi connectivity index (χ3n) is 3.23. The monoisotopic (exact) mass is 185 g/mol. The molecule has 2 fully saturated rings. The van der Waals surface area contributed by atoms with Crippen LogP contribution in [0.25, 0.3) is 0 Å². The zero-order chi connectivity index (χ0) is 9.31. The number of hydrogen-bond donors (Lipinski definition) is 2. The van der Waals surface area contributed by atoms with Crippen molar-refractivity contribution in [2.75, 3.05) is 13.2 Å². The van der Waals surface area contributed by atoms with Gasteiger partial charge in [-0.2, -0.15) is 0 Å². The molecule has 1 saturated heterocycles. The standard InChI is InChI=1S/C10H19NO2/c1-10(5-6-13-7-10)11-8-3-2-4-9(8)12/h8-9,11-12H,2-7H2,1H3/t8-,9-,10?/m0/s1. The average Bonchev–Trinajstić information content (AvgIpc) is 2.64. The first kappa shape index (κ1) is 9.44. The van der Waals surface area contributed by atoms with Gasteiger partial charge in [0.15, 0.2) is 0 Å². The Kier molecular flexibility index (Phi) is 2.58. The predicted molar refractivity (Wildman–Crippen MR) is 50.6 cm³/mol. The molecule has 0 aromatic carbocycles. The number of aliphatic hydroxyl groups excluding tert-OH is 1. The molecule has 0 spiro atoms. The molecule has 2 N–H and O–H groups in total. The van der Waals surface area contributed by atoms with Crippen molar-refractivity contribution < 1.29 is 9.84 Å². The third kappa shape index (κ3) is 2.03. The molecule has 0 amide bonds. The second-order valence-corrected chi connectivity index (χ2v) is 4.61. The van der Waals surface area contributed by atoms with E-state index in [2.05, 4.69) is 12.2 Å². The summed E-state index contributed by atoms with van der Waals surface area (Å²) in [4.78, 5) is 0. The molecule has 0 aromatic heterocycles. The number of aliphatic hydroxyl groups is 1. The van der Waals surface area contributed by atoms with E-state index in [1.54, 1.807) is 0 Å². The van der Waals surface area contributed by atoms with Crippen molar-refractivity contribution in [2.45, 2.75) is 50.3 Å². The first-order valence-corrected chi connectivity index (χ1v) is 5.23. The van der Waals surface area contributed by atoms with Crippen molar-refractivity contribution in [2.24, 2.45) is 0 Å². The van der Waals surface area contributed by atoms with Crippen LogP contribution in [-0.4, -0.2) is 36.0 Å². The molecule has 1 aliphatic heterocycles. The molecule has 3 nitrogen and oxygen atoms in total. The predicted octanol–water partition coefficient (Wildman–Crippen LogP) is 0.668. The lowest BCUT2D eigenvalue weighted by atomic mass is 9.99. The molecule has 13 heavy (non-hydrogen) atoms. The first-order chi connectivity index (χ1) is 6.20. The highest BCUT2D eigenvalue weighted by molar-refractivity contribution is 4.94. The van der Waals surface area contributed by atoms with Gasteiger partial charge in [-0.3, -0.25) is 0 Å². The van der Waals surface area contributed by atoms with Crippen molar-refractivity contribution in [3.05, 3.63) is 0 Å². The molecule has 2 aliphatic rings. The molecule has 1 aliphatic carbocycles. The highest BCUT2D eigenvalue weighted by Crippen LogP contribution is 2.25. The van der Waals surface area contributed by atoms with Crippen molar-refractivity contribution >= 4 is 0 Å². The van der Waals surface area contributed by atoms with Crippen molar-refractivity contribution in [3.8, 4) is 0 Å². The molecule has 1 unspecified atom stereocenters. The summed E-state index contributed by atoms with van der Waals surface area (Å²) in [7, 11) is 0. The summed E-state index contributed by atoms with van der Waals surface area (Å²) < 4.78 is 5.36. The van der Waals surface area contributed by atoms with Gasteiger partial charge in [-0.05, 0) is 32.6 Å². The Hall–Kier alpha value is -0.120. The Morgan fingerprint density at radius 3 is 2.85 bits per heavy atom. The fourth-order valence-electron chi connectivity index (χ4n) is 2.34. The van der Waals surface area contributed by atoms with Crippen LogP contribution in [0, 0.1) is 0 Å². The Morgan fingerprint density at radius 2 is 2.31 bits per heavy atom. The fourth-order valence-corrected chi connectivity index (χ4v) is 2.34. The third-order valence-corrected chi connectivity index (χ3v) is 3.23. The molecule has 1 saturated carbocycles. The van der Waals surface area contributed by atoms with Crippen LogP contribution in [0.15, 0.2) is 0 Å². The van der Waals surface area contributed by atoms with Gasteiger partial charge in [-0.1, -0.05) is 0 Å². The van der Waals surface area contributed by atoms with Crippen LogP contribution in [0.3, 0.4) is 0 Å². The summed E-state index contributed by atoms with van der Waals surface area (Å²) in [6.07, 6.45) is 4.13. The van der Waals surface area contributed by atoms with E-state index in [-0.39, 0.29) is 11.6 Å². The molecule has 3 atom stereocenters. The van der Waals surface area contributed by atoms with E-state index in [4.69, 9.17) is 4.74 Å². The normalized spacial score (nSPS) is 45.7. The van der Waals surface area contributed by atoms with Crippen LogP contribution in [-0.2, 0) is 4.74 Å². The molecule has 1 heterocycles. The van der Waals surface area contributed by atoms with E-state index < -0.39 is 0 Å². The lowest BCUT2D eigenvalue weighted by Gasteiger charge is -2.29. The molecule has 0 bridgehead atoms. The van der Waals surface area contributed by atoms with Crippen LogP contribution >= 0.6 is 0 Å². The van der Waals surface area contributed by atoms with Crippen molar-refractivity contribution in [1.29, 1.82) is 0 Å². The number of rotatable bonds is 2. The molecular formula is C10H19NO2. The Bertz CT molecular complexity index is 178. The average molecular weight is 185 g/mol. The number of hydrogen-bond acceptors (Lipinski definition) is 3. The second-order valence-electron chi connectivity index (χ2n) is 4.61. The van der Waals surface area contributed by atoms with Gasteiger partial charge < -0.3 is 15.2 Å². The van der Waals surface area contributed by atoms with Crippen LogP contribution in [0.5, 0.6) is 0 Å². The van der Waals surface area contributed by atoms with Crippen molar-refractivity contribution in [3.63, 3.8) is 0 Å². The summed E-state index contributed by atoms with van der Waals surface area (Å²) in [6, 6.07) is 0.298. The molecule has 0 radical (unpaired) electrons. The summed E-state index contributed by atoms with van der Waals surface area (Å²) in [5.74, 6) is 0. The van der Waals surface area contributed by atoms with Gasteiger partial charge >= 0.3 is 0 Å². The summed E-state index contributed by atoms with van der Waals surface area (Å²) >= 11 is 0. The van der Waals surface area contributed by atoms with E-state index in [9.17, 15) is 5.11 Å². The highest BCUT2D eigenvalue weighted by atomic mass is 16.5. The van der Waals surface area contributed by atoms with Gasteiger partial charge in [-0.25, -0.2) is 0 Å². The minimum Gasteiger partial charge on any atom is -0.392 e. The van der Waals surface area contributed by atoms with E-state index in [1.807, 2.05) is 0 Å². The summed E-state index contributed by atoms with van der Waals surface area (Å²) in [6.45, 7) is 3.83. The van der Waals surface area contributed by atoms with E-state index in [0.29, 0.717) is 6.04 Å². The molecule has 2 rings (SSSR count). The SMILES string of the molecule is CC1(N[C@H]2CCC[C@@H]2O)CCOC1. The smallest absolute Gasteiger partial charge is 0.0693 e. The minimum atomic E-state index is -0.141. The quantitative estimate of drug-likeness (QED) is 0.664. The zero-order valence-corrected chi connectivity index (χ0v) is 8.25. The van der Waals surface area contributed by atoms with E-state index >= 15 is 0 Å². The maximum absolute atomic E-state index is 9.66. The van der Waals surface area contributed by atoms with Crippen LogP contribution in [0.2, 0.25) is 0 Å². The topological polar surface area (TPSA) is 41.5 Å². The molecule has 0 aromatic rings. The van der Waals surface area contributed by atoms with Crippen molar-refractivity contribution in [1.82, 2.24) is 5.32 Å². The number of ether oxygens (including phenoxy) is 1. The van der Waals surface area contributed by atoms with Gasteiger partial charge in [0, 0.05) is 18.2 Å². The van der Waals surface area contributed by atoms with Gasteiger partial charge in [0.25, 0.3) is 0 Å². The molecular weight excluding hydrogens is 166 g/mol. The van der Waals surface area contributed by atoms with Crippen LogP contribution in [0.1, 0.15) is 32.6 Å². The second kappa shape index (κ2) is 3.56. The highest BCUT2D eigenvalue weighted by Gasteiger charge is 2.35. The van der Waals surface area contributed by atoms with Crippen LogP contribution in [0.4, 0.5) is 0 Å². The lowest BCUT2D eigenvalue weighted by Crippen LogP contribution is -2.51. The van der Waals surface area contributed by atoms with Gasteiger partial charge in [-0.15, -0.1) is 0 Å². The Labute approximate surface area is 79.5 Å².